The van der Waals surface area contributed by atoms with E-state index in [0.29, 0.717) is 0 Å². The fourth-order valence-corrected chi connectivity index (χ4v) is 6.19. The van der Waals surface area contributed by atoms with Crippen LogP contribution in [0.25, 0.3) is 27.8 Å². The van der Waals surface area contributed by atoms with Crippen molar-refractivity contribution in [3.63, 3.8) is 0 Å². The Morgan fingerprint density at radius 1 is 0.974 bits per heavy atom. The van der Waals surface area contributed by atoms with Crippen LogP contribution in [0.15, 0.2) is 84.4 Å². The van der Waals surface area contributed by atoms with Crippen LogP contribution < -0.4 is 0 Å². The Morgan fingerprint density at radius 3 is 2.63 bits per heavy atom. The maximum Gasteiger partial charge on any atom is 0.177 e. The number of benzene rings is 2. The highest BCUT2D eigenvalue weighted by Crippen LogP contribution is 2.29. The van der Waals surface area contributed by atoms with Gasteiger partial charge in [-0.25, -0.2) is 4.31 Å². The molecule has 6 nitrogen and oxygen atoms in total. The van der Waals surface area contributed by atoms with Gasteiger partial charge in [0.25, 0.3) is 0 Å². The minimum Gasteiger partial charge on any atom is -0.256 e. The van der Waals surface area contributed by atoms with Crippen LogP contribution in [0.4, 0.5) is 0 Å². The summed E-state index contributed by atoms with van der Waals surface area (Å²) in [4.78, 5) is 5.89. The molecular weight excluding hydrogens is 488 g/mol. The Labute approximate surface area is 227 Å². The number of nitrogens with zero attached hydrogens (tertiary/aromatic N) is 6. The van der Waals surface area contributed by atoms with Crippen LogP contribution in [0.5, 0.6) is 0 Å². The summed E-state index contributed by atoms with van der Waals surface area (Å²) in [6, 6.07) is 23.2. The molecule has 7 heteroatoms. The standard InChI is InChI=1S/C31H32N6S/c1-22(2)38-36-18-15-23(16-19-36)20-24-8-10-27-25(14-17-32-29(27)21-24)9-12-30-33-34-31-13-11-28(35-37(30)31)26-6-4-3-5-7-26/h3-8,10-11,13-14,17,21,23H,1,9,12,15-16,18-20H2,2H3. The third kappa shape index (κ3) is 5.49. The number of aryl methyl sites for hydroxylation is 2. The summed E-state index contributed by atoms with van der Waals surface area (Å²) in [5.41, 5.74) is 6.51. The monoisotopic (exact) mass is 520 g/mol. The van der Waals surface area contributed by atoms with Crippen LogP contribution in [0.1, 0.15) is 36.7 Å². The fraction of sp³-hybridized carbons (Fsp3) is 0.290. The van der Waals surface area contributed by atoms with Gasteiger partial charge in [-0.1, -0.05) is 49.0 Å². The van der Waals surface area contributed by atoms with E-state index in [1.165, 1.54) is 34.3 Å². The summed E-state index contributed by atoms with van der Waals surface area (Å²) in [7, 11) is 0. The molecule has 0 saturated carbocycles. The fourth-order valence-electron chi connectivity index (χ4n) is 5.35. The lowest BCUT2D eigenvalue weighted by molar-refractivity contribution is 0.291. The first-order valence-electron chi connectivity index (χ1n) is 13.3. The quantitative estimate of drug-likeness (QED) is 0.216. The number of hydrogen-bond acceptors (Lipinski definition) is 6. The number of rotatable bonds is 8. The van der Waals surface area contributed by atoms with Gasteiger partial charge in [0.05, 0.1) is 11.2 Å². The third-order valence-electron chi connectivity index (χ3n) is 7.30. The SMILES string of the molecule is C=C(C)SN1CCC(Cc2ccc3c(CCc4nnc5ccc(-c6ccccc6)nn45)ccnc3c2)CC1. The van der Waals surface area contributed by atoms with Crippen LogP contribution in [0.3, 0.4) is 0 Å². The minimum absolute atomic E-state index is 0.729. The van der Waals surface area contributed by atoms with E-state index < -0.39 is 0 Å². The summed E-state index contributed by atoms with van der Waals surface area (Å²) in [5, 5.41) is 14.8. The van der Waals surface area contributed by atoms with Crippen molar-refractivity contribution in [1.29, 1.82) is 0 Å². The molecule has 0 unspecified atom stereocenters. The molecule has 6 rings (SSSR count). The Morgan fingerprint density at radius 2 is 1.82 bits per heavy atom. The number of aromatic nitrogens is 5. The first-order chi connectivity index (χ1) is 18.6. The van der Waals surface area contributed by atoms with E-state index in [9.17, 15) is 0 Å². The molecule has 0 N–H and O–H groups in total. The molecule has 0 spiro atoms. The molecule has 1 fully saturated rings. The first kappa shape index (κ1) is 24.8. The van der Waals surface area contributed by atoms with Gasteiger partial charge in [0.15, 0.2) is 11.5 Å². The molecule has 1 aliphatic heterocycles. The summed E-state index contributed by atoms with van der Waals surface area (Å²) in [6.07, 6.45) is 7.14. The normalized spacial score (nSPS) is 14.9. The lowest BCUT2D eigenvalue weighted by Gasteiger charge is -2.31. The van der Waals surface area contributed by atoms with E-state index >= 15 is 0 Å². The molecule has 0 bridgehead atoms. The van der Waals surface area contributed by atoms with Crippen molar-refractivity contribution < 1.29 is 0 Å². The van der Waals surface area contributed by atoms with E-state index in [2.05, 4.69) is 64.4 Å². The maximum absolute atomic E-state index is 4.84. The second-order valence-corrected chi connectivity index (χ2v) is 11.6. The Kier molecular flexibility index (Phi) is 7.20. The molecule has 0 radical (unpaired) electrons. The Bertz CT molecular complexity index is 1570. The molecule has 2 aromatic carbocycles. The predicted molar refractivity (Wildman–Crippen MR) is 156 cm³/mol. The zero-order chi connectivity index (χ0) is 25.9. The van der Waals surface area contributed by atoms with Crippen LogP contribution in [-0.2, 0) is 19.3 Å². The van der Waals surface area contributed by atoms with Crippen molar-refractivity contribution in [3.8, 4) is 11.3 Å². The molecule has 0 aliphatic carbocycles. The summed E-state index contributed by atoms with van der Waals surface area (Å²) < 4.78 is 4.33. The molecule has 5 aromatic rings. The van der Waals surface area contributed by atoms with Crippen molar-refractivity contribution in [2.24, 2.45) is 5.92 Å². The average Bonchev–Trinajstić information content (AvgIpc) is 3.35. The highest BCUT2D eigenvalue weighted by Gasteiger charge is 2.20. The van der Waals surface area contributed by atoms with Crippen LogP contribution in [0.2, 0.25) is 0 Å². The average molecular weight is 521 g/mol. The first-order valence-corrected chi connectivity index (χ1v) is 14.1. The van der Waals surface area contributed by atoms with E-state index in [4.69, 9.17) is 10.1 Å². The molecule has 3 aromatic heterocycles. The summed E-state index contributed by atoms with van der Waals surface area (Å²) in [6.45, 7) is 8.39. The second-order valence-electron chi connectivity index (χ2n) is 10.2. The van der Waals surface area contributed by atoms with Gasteiger partial charge in [0.2, 0.25) is 0 Å². The van der Waals surface area contributed by atoms with Crippen molar-refractivity contribution in [1.82, 2.24) is 29.1 Å². The molecule has 38 heavy (non-hydrogen) atoms. The Hall–Kier alpha value is -3.55. The highest BCUT2D eigenvalue weighted by atomic mass is 32.2. The van der Waals surface area contributed by atoms with Gasteiger partial charge in [0.1, 0.15) is 0 Å². The molecule has 1 aliphatic rings. The second kappa shape index (κ2) is 11.1. The van der Waals surface area contributed by atoms with E-state index in [1.54, 1.807) is 11.9 Å². The summed E-state index contributed by atoms with van der Waals surface area (Å²) >= 11 is 1.81. The van der Waals surface area contributed by atoms with Gasteiger partial charge in [-0.2, -0.15) is 9.61 Å². The van der Waals surface area contributed by atoms with Crippen molar-refractivity contribution in [2.45, 2.75) is 39.0 Å². The van der Waals surface area contributed by atoms with Crippen molar-refractivity contribution in [3.05, 3.63) is 101 Å². The molecule has 192 valence electrons. The van der Waals surface area contributed by atoms with Gasteiger partial charge in [-0.15, -0.1) is 10.2 Å². The maximum atomic E-state index is 4.84. The number of piperidine rings is 1. The van der Waals surface area contributed by atoms with Gasteiger partial charge < -0.3 is 0 Å². The lowest BCUT2D eigenvalue weighted by Crippen LogP contribution is -2.29. The predicted octanol–water partition coefficient (Wildman–Crippen LogP) is 6.56. The van der Waals surface area contributed by atoms with Gasteiger partial charge in [-0.3, -0.25) is 4.98 Å². The van der Waals surface area contributed by atoms with E-state index in [1.807, 2.05) is 41.0 Å². The summed E-state index contributed by atoms with van der Waals surface area (Å²) in [5.74, 6) is 1.60. The van der Waals surface area contributed by atoms with Crippen LogP contribution in [-0.4, -0.2) is 42.2 Å². The zero-order valence-corrected chi connectivity index (χ0v) is 22.6. The molecule has 0 amide bonds. The minimum atomic E-state index is 0.729. The smallest absolute Gasteiger partial charge is 0.177 e. The molecular formula is C31H32N6S. The van der Waals surface area contributed by atoms with E-state index in [-0.39, 0.29) is 0 Å². The van der Waals surface area contributed by atoms with Crippen LogP contribution in [0, 0.1) is 5.92 Å². The number of allylic oxidation sites excluding steroid dienone is 1. The number of hydrogen-bond donors (Lipinski definition) is 0. The van der Waals surface area contributed by atoms with E-state index in [0.717, 1.165) is 66.5 Å². The largest absolute Gasteiger partial charge is 0.256 e. The molecule has 1 saturated heterocycles. The van der Waals surface area contributed by atoms with Crippen LogP contribution >= 0.6 is 11.9 Å². The Balaban J connectivity index is 1.15. The van der Waals surface area contributed by atoms with Gasteiger partial charge in [0, 0.05) is 36.7 Å². The molecule has 4 heterocycles. The molecule has 0 atom stereocenters. The van der Waals surface area contributed by atoms with Gasteiger partial charge >= 0.3 is 0 Å². The lowest BCUT2D eigenvalue weighted by atomic mass is 9.90. The zero-order valence-electron chi connectivity index (χ0n) is 21.8. The number of pyridine rings is 1. The highest BCUT2D eigenvalue weighted by molar-refractivity contribution is 8.00. The van der Waals surface area contributed by atoms with Crippen molar-refractivity contribution >= 4 is 28.5 Å². The van der Waals surface area contributed by atoms with Gasteiger partial charge in [-0.05, 0) is 90.8 Å². The third-order valence-corrected chi connectivity index (χ3v) is 8.23. The number of fused-ring (bicyclic) bond motifs is 2. The topological polar surface area (TPSA) is 59.2 Å². The van der Waals surface area contributed by atoms with Crippen molar-refractivity contribution in [2.75, 3.05) is 13.1 Å².